The van der Waals surface area contributed by atoms with E-state index in [9.17, 15) is 9.59 Å². The van der Waals surface area contributed by atoms with Crippen LogP contribution in [0.25, 0.3) is 0 Å². The van der Waals surface area contributed by atoms with Crippen molar-refractivity contribution >= 4 is 17.6 Å². The van der Waals surface area contributed by atoms with Gasteiger partial charge in [-0.15, -0.1) is 0 Å². The molecule has 1 spiro atoms. The van der Waals surface area contributed by atoms with Gasteiger partial charge in [0.2, 0.25) is 0 Å². The Balaban J connectivity index is 2.02. The number of hydrogen-bond donors (Lipinski definition) is 0. The largest absolute Gasteiger partial charge is 0.375 e. The van der Waals surface area contributed by atoms with Gasteiger partial charge in [-0.3, -0.25) is 4.79 Å². The number of amides is 3. The number of rotatable bonds is 3. The number of urea groups is 1. The van der Waals surface area contributed by atoms with E-state index in [-0.39, 0.29) is 37.1 Å². The summed E-state index contributed by atoms with van der Waals surface area (Å²) in [6.07, 6.45) is 0. The third kappa shape index (κ3) is 1.96. The number of carbonyl (C=O) groups excluding carboxylic acids is 2. The van der Waals surface area contributed by atoms with Crippen molar-refractivity contribution in [1.29, 1.82) is 0 Å². The fraction of sp³-hybridized carbons (Fsp3) is 0.529. The van der Waals surface area contributed by atoms with Gasteiger partial charge in [-0.25, -0.2) is 9.69 Å². The van der Waals surface area contributed by atoms with Crippen LogP contribution >= 0.6 is 0 Å². The maximum Gasteiger partial charge on any atom is 0.332 e. The van der Waals surface area contributed by atoms with Crippen LogP contribution in [0.3, 0.4) is 0 Å². The summed E-state index contributed by atoms with van der Waals surface area (Å²) in [5, 5.41) is 0. The van der Waals surface area contributed by atoms with Gasteiger partial charge < -0.3 is 9.64 Å². The third-order valence-electron chi connectivity index (χ3n) is 4.81. The summed E-state index contributed by atoms with van der Waals surface area (Å²) >= 11 is 0. The van der Waals surface area contributed by atoms with Crippen molar-refractivity contribution in [3.8, 4) is 0 Å². The minimum absolute atomic E-state index is 0.0178. The molecule has 2 aliphatic rings. The molecule has 5 nitrogen and oxygen atoms in total. The lowest BCUT2D eigenvalue weighted by Crippen LogP contribution is -2.66. The lowest BCUT2D eigenvalue weighted by molar-refractivity contribution is -0.157. The predicted octanol–water partition coefficient (Wildman–Crippen LogP) is 2.58. The van der Waals surface area contributed by atoms with Crippen molar-refractivity contribution in [2.75, 3.05) is 18.1 Å². The van der Waals surface area contributed by atoms with Crippen LogP contribution < -0.4 is 4.90 Å². The summed E-state index contributed by atoms with van der Waals surface area (Å²) in [5.74, 6) is 0.104. The molecule has 1 unspecified atom stereocenters. The smallest absolute Gasteiger partial charge is 0.332 e. The van der Waals surface area contributed by atoms with E-state index in [2.05, 4.69) is 13.8 Å². The molecule has 1 atom stereocenters. The van der Waals surface area contributed by atoms with Crippen molar-refractivity contribution in [1.82, 2.24) is 4.90 Å². The van der Waals surface area contributed by atoms with E-state index in [0.717, 1.165) is 5.56 Å². The minimum Gasteiger partial charge on any atom is -0.375 e. The van der Waals surface area contributed by atoms with Crippen LogP contribution in [0, 0.1) is 12.8 Å². The van der Waals surface area contributed by atoms with Crippen LogP contribution in [0.15, 0.2) is 24.3 Å². The summed E-state index contributed by atoms with van der Waals surface area (Å²) in [6.45, 7) is 8.67. The molecule has 2 fully saturated rings. The Bertz CT molecular complexity index is 605. The van der Waals surface area contributed by atoms with E-state index in [1.54, 1.807) is 4.90 Å². The Labute approximate surface area is 130 Å². The Morgan fingerprint density at radius 1 is 1.09 bits per heavy atom. The topological polar surface area (TPSA) is 49.9 Å². The first-order valence-electron chi connectivity index (χ1n) is 7.71. The highest BCUT2D eigenvalue weighted by Gasteiger charge is 2.63. The zero-order valence-electron chi connectivity index (χ0n) is 13.5. The van der Waals surface area contributed by atoms with E-state index < -0.39 is 5.54 Å². The van der Waals surface area contributed by atoms with Crippen LogP contribution in [0.4, 0.5) is 10.5 Å². The van der Waals surface area contributed by atoms with E-state index in [1.807, 2.05) is 38.1 Å². The van der Waals surface area contributed by atoms with E-state index in [0.29, 0.717) is 5.69 Å². The Morgan fingerprint density at radius 2 is 1.68 bits per heavy atom. The highest BCUT2D eigenvalue weighted by Crippen LogP contribution is 2.39. The molecule has 0 bridgehead atoms. The lowest BCUT2D eigenvalue weighted by Gasteiger charge is -2.45. The van der Waals surface area contributed by atoms with Crippen molar-refractivity contribution in [3.63, 3.8) is 0 Å². The molecule has 0 saturated carbocycles. The van der Waals surface area contributed by atoms with Gasteiger partial charge in [0.15, 0.2) is 5.54 Å². The fourth-order valence-electron chi connectivity index (χ4n) is 3.03. The molecule has 0 N–H and O–H groups in total. The molecular weight excluding hydrogens is 280 g/mol. The molecule has 3 rings (SSSR count). The second-order valence-corrected chi connectivity index (χ2v) is 6.64. The number of anilines is 1. The van der Waals surface area contributed by atoms with Gasteiger partial charge in [0, 0.05) is 6.04 Å². The maximum absolute atomic E-state index is 12.9. The van der Waals surface area contributed by atoms with Gasteiger partial charge in [-0.05, 0) is 31.9 Å². The highest BCUT2D eigenvalue weighted by molar-refractivity contribution is 6.23. The molecule has 2 heterocycles. The van der Waals surface area contributed by atoms with Gasteiger partial charge in [0.05, 0.1) is 18.9 Å². The summed E-state index contributed by atoms with van der Waals surface area (Å²) in [5.41, 5.74) is 0.910. The number of ether oxygens (including phenoxy) is 1. The second kappa shape index (κ2) is 5.09. The molecule has 0 radical (unpaired) electrons. The molecule has 3 amide bonds. The van der Waals surface area contributed by atoms with Crippen molar-refractivity contribution in [2.45, 2.75) is 39.3 Å². The first-order chi connectivity index (χ1) is 10.4. The maximum atomic E-state index is 12.9. The van der Waals surface area contributed by atoms with E-state index >= 15 is 0 Å². The normalized spacial score (nSPS) is 21.7. The Kier molecular flexibility index (Phi) is 3.48. The third-order valence-corrected chi connectivity index (χ3v) is 4.81. The van der Waals surface area contributed by atoms with Gasteiger partial charge in [0.25, 0.3) is 5.91 Å². The van der Waals surface area contributed by atoms with Gasteiger partial charge in [0.1, 0.15) is 0 Å². The van der Waals surface area contributed by atoms with Crippen LogP contribution in [-0.4, -0.2) is 41.6 Å². The fourth-order valence-corrected chi connectivity index (χ4v) is 3.03. The number of nitrogens with zero attached hydrogens (tertiary/aromatic N) is 2. The molecule has 1 aromatic carbocycles. The predicted molar refractivity (Wildman–Crippen MR) is 83.8 cm³/mol. The van der Waals surface area contributed by atoms with Crippen molar-refractivity contribution in [3.05, 3.63) is 29.8 Å². The summed E-state index contributed by atoms with van der Waals surface area (Å²) in [7, 11) is 0. The molecule has 0 aromatic heterocycles. The quantitative estimate of drug-likeness (QED) is 0.806. The number of aryl methyl sites for hydroxylation is 1. The van der Waals surface area contributed by atoms with Crippen LogP contribution in [-0.2, 0) is 9.53 Å². The molecule has 5 heteroatoms. The monoisotopic (exact) mass is 302 g/mol. The van der Waals surface area contributed by atoms with Gasteiger partial charge in [-0.1, -0.05) is 31.5 Å². The molecule has 2 saturated heterocycles. The average molecular weight is 302 g/mol. The summed E-state index contributed by atoms with van der Waals surface area (Å²) in [6, 6.07) is 7.21. The van der Waals surface area contributed by atoms with Crippen LogP contribution in [0.2, 0.25) is 0 Å². The van der Waals surface area contributed by atoms with Crippen LogP contribution in [0.5, 0.6) is 0 Å². The number of carbonyl (C=O) groups is 2. The number of imide groups is 1. The standard InChI is InChI=1S/C17H22N2O3/c1-11(2)13(4)19-16(21)18(14-7-5-12(3)6-8-14)15(20)17(19)9-22-10-17/h5-8,11,13H,9-10H2,1-4H3. The number of benzene rings is 1. The average Bonchev–Trinajstić information content (AvgIpc) is 2.66. The molecule has 0 aliphatic carbocycles. The molecule has 2 aliphatic heterocycles. The SMILES string of the molecule is Cc1ccc(N2C(=O)N(C(C)C(C)C)C3(COC3)C2=O)cc1. The summed E-state index contributed by atoms with van der Waals surface area (Å²) in [4.78, 5) is 28.9. The van der Waals surface area contributed by atoms with Gasteiger partial charge >= 0.3 is 6.03 Å². The number of hydrogen-bond acceptors (Lipinski definition) is 3. The zero-order chi connectivity index (χ0) is 16.1. The highest BCUT2D eigenvalue weighted by atomic mass is 16.5. The molecule has 1 aromatic rings. The first kappa shape index (κ1) is 15.0. The van der Waals surface area contributed by atoms with Crippen molar-refractivity contribution in [2.24, 2.45) is 5.92 Å². The summed E-state index contributed by atoms with van der Waals surface area (Å²) < 4.78 is 5.30. The molecule has 118 valence electrons. The van der Waals surface area contributed by atoms with Crippen LogP contribution in [0.1, 0.15) is 26.3 Å². The lowest BCUT2D eigenvalue weighted by atomic mass is 9.91. The second-order valence-electron chi connectivity index (χ2n) is 6.64. The molecular formula is C17H22N2O3. The Morgan fingerprint density at radius 3 is 2.14 bits per heavy atom. The van der Waals surface area contributed by atoms with E-state index in [4.69, 9.17) is 4.74 Å². The zero-order valence-corrected chi connectivity index (χ0v) is 13.5. The first-order valence-corrected chi connectivity index (χ1v) is 7.71. The molecule has 22 heavy (non-hydrogen) atoms. The van der Waals surface area contributed by atoms with E-state index in [1.165, 1.54) is 4.90 Å². The van der Waals surface area contributed by atoms with Gasteiger partial charge in [-0.2, -0.15) is 0 Å². The Hall–Kier alpha value is -1.88. The minimum atomic E-state index is -0.814. The van der Waals surface area contributed by atoms with Crippen molar-refractivity contribution < 1.29 is 14.3 Å².